The molecule has 2 aromatic rings. The van der Waals surface area contributed by atoms with Gasteiger partial charge in [0.15, 0.2) is 0 Å². The maximum Gasteiger partial charge on any atom is 0.127 e. The highest BCUT2D eigenvalue weighted by atomic mass is 35.5. The fraction of sp³-hybridized carbons (Fsp3) is 0.588. The molecule has 1 aromatic carbocycles. The van der Waals surface area contributed by atoms with Crippen LogP contribution in [0, 0.1) is 12.8 Å². The van der Waals surface area contributed by atoms with E-state index in [1.807, 2.05) is 6.92 Å². The molecular weight excluding hydrogens is 268 g/mol. The Kier molecular flexibility index (Phi) is 4.74. The quantitative estimate of drug-likeness (QED) is 0.652. The van der Waals surface area contributed by atoms with Crippen molar-refractivity contribution in [3.63, 3.8) is 0 Å². The molecule has 2 unspecified atom stereocenters. The lowest BCUT2D eigenvalue weighted by molar-refractivity contribution is 0.332. The molecule has 20 heavy (non-hydrogen) atoms. The Hall–Kier alpha value is -1.02. The number of hydrogen-bond acceptors (Lipinski definition) is 1. The van der Waals surface area contributed by atoms with Crippen molar-refractivity contribution >= 4 is 22.6 Å². The summed E-state index contributed by atoms with van der Waals surface area (Å²) in [5.74, 6) is 1.65. The number of hydrogen-bond donors (Lipinski definition) is 0. The van der Waals surface area contributed by atoms with E-state index < -0.39 is 0 Å². The molecule has 0 fully saturated rings. The standard InChI is InChI=1S/C17H25ClN2/c1-6-14(7-2)13(5)20-16-11(3)9-8-10-15(16)19-17(20)12(4)18/h8-10,12-14H,6-7H2,1-5H3. The van der Waals surface area contributed by atoms with Crippen molar-refractivity contribution in [2.75, 3.05) is 0 Å². The number of aryl methyl sites for hydroxylation is 1. The lowest BCUT2D eigenvalue weighted by Crippen LogP contribution is -2.18. The van der Waals surface area contributed by atoms with Crippen LogP contribution in [0.1, 0.15) is 63.3 Å². The number of halogens is 1. The van der Waals surface area contributed by atoms with Crippen LogP contribution in [0.5, 0.6) is 0 Å². The van der Waals surface area contributed by atoms with Crippen molar-refractivity contribution < 1.29 is 0 Å². The SMILES string of the molecule is CCC(CC)C(C)n1c(C(C)Cl)nc2cccc(C)c21. The molecule has 110 valence electrons. The van der Waals surface area contributed by atoms with Crippen molar-refractivity contribution in [1.82, 2.24) is 9.55 Å². The van der Waals surface area contributed by atoms with E-state index >= 15 is 0 Å². The number of aromatic nitrogens is 2. The summed E-state index contributed by atoms with van der Waals surface area (Å²) in [6.07, 6.45) is 2.36. The molecule has 3 heteroatoms. The van der Waals surface area contributed by atoms with Crippen LogP contribution in [0.25, 0.3) is 11.0 Å². The molecule has 0 saturated carbocycles. The second kappa shape index (κ2) is 6.17. The molecular formula is C17H25ClN2. The van der Waals surface area contributed by atoms with Crippen molar-refractivity contribution in [3.05, 3.63) is 29.6 Å². The monoisotopic (exact) mass is 292 g/mol. The molecule has 1 aromatic heterocycles. The van der Waals surface area contributed by atoms with Crippen LogP contribution >= 0.6 is 11.6 Å². The number of benzene rings is 1. The fourth-order valence-electron chi connectivity index (χ4n) is 3.21. The van der Waals surface area contributed by atoms with E-state index in [-0.39, 0.29) is 5.38 Å². The van der Waals surface area contributed by atoms with Crippen LogP contribution in [-0.4, -0.2) is 9.55 Å². The number of fused-ring (bicyclic) bond motifs is 1. The van der Waals surface area contributed by atoms with Crippen molar-refractivity contribution in [1.29, 1.82) is 0 Å². The highest BCUT2D eigenvalue weighted by Crippen LogP contribution is 2.34. The van der Waals surface area contributed by atoms with Gasteiger partial charge in [-0.05, 0) is 38.3 Å². The van der Waals surface area contributed by atoms with Gasteiger partial charge in [0.2, 0.25) is 0 Å². The number of para-hydroxylation sites is 1. The molecule has 0 aliphatic rings. The summed E-state index contributed by atoms with van der Waals surface area (Å²) in [5, 5.41) is -0.0707. The molecule has 1 heterocycles. The smallest absolute Gasteiger partial charge is 0.127 e. The predicted molar refractivity (Wildman–Crippen MR) is 87.5 cm³/mol. The summed E-state index contributed by atoms with van der Waals surface area (Å²) in [6, 6.07) is 6.73. The van der Waals surface area contributed by atoms with E-state index in [1.54, 1.807) is 0 Å². The minimum absolute atomic E-state index is 0.0707. The van der Waals surface area contributed by atoms with Crippen LogP contribution in [-0.2, 0) is 0 Å². The highest BCUT2D eigenvalue weighted by Gasteiger charge is 2.24. The Morgan fingerprint density at radius 2 is 1.85 bits per heavy atom. The molecule has 0 aliphatic carbocycles. The van der Waals surface area contributed by atoms with Crippen molar-refractivity contribution in [2.45, 2.75) is 58.9 Å². The third-order valence-corrected chi connectivity index (χ3v) is 4.63. The van der Waals surface area contributed by atoms with E-state index in [2.05, 4.69) is 50.5 Å². The van der Waals surface area contributed by atoms with Crippen LogP contribution < -0.4 is 0 Å². The highest BCUT2D eigenvalue weighted by molar-refractivity contribution is 6.20. The van der Waals surface area contributed by atoms with Gasteiger partial charge in [-0.2, -0.15) is 0 Å². The van der Waals surface area contributed by atoms with E-state index in [0.717, 1.165) is 11.3 Å². The summed E-state index contributed by atoms with van der Waals surface area (Å²) < 4.78 is 2.38. The first-order valence-corrected chi connectivity index (χ1v) is 8.06. The zero-order valence-corrected chi connectivity index (χ0v) is 13.9. The summed E-state index contributed by atoms with van der Waals surface area (Å²) in [5.41, 5.74) is 3.58. The molecule has 2 rings (SSSR count). The summed E-state index contributed by atoms with van der Waals surface area (Å²) in [7, 11) is 0. The van der Waals surface area contributed by atoms with Crippen molar-refractivity contribution in [2.24, 2.45) is 5.92 Å². The molecule has 2 atom stereocenters. The van der Waals surface area contributed by atoms with Gasteiger partial charge in [-0.3, -0.25) is 0 Å². The van der Waals surface area contributed by atoms with Gasteiger partial charge in [0.05, 0.1) is 16.4 Å². The van der Waals surface area contributed by atoms with Crippen LogP contribution in [0.2, 0.25) is 0 Å². The Morgan fingerprint density at radius 3 is 2.40 bits per heavy atom. The average molecular weight is 293 g/mol. The second-order valence-electron chi connectivity index (χ2n) is 5.72. The van der Waals surface area contributed by atoms with E-state index in [1.165, 1.54) is 23.9 Å². The molecule has 0 amide bonds. The number of alkyl halides is 1. The summed E-state index contributed by atoms with van der Waals surface area (Å²) in [4.78, 5) is 4.78. The summed E-state index contributed by atoms with van der Waals surface area (Å²) in [6.45, 7) is 11.0. The fourth-order valence-corrected chi connectivity index (χ4v) is 3.37. The van der Waals surface area contributed by atoms with Gasteiger partial charge in [0, 0.05) is 6.04 Å². The number of rotatable bonds is 5. The van der Waals surface area contributed by atoms with Gasteiger partial charge in [-0.25, -0.2) is 4.98 Å². The molecule has 0 N–H and O–H groups in total. The Balaban J connectivity index is 2.68. The molecule has 0 radical (unpaired) electrons. The zero-order chi connectivity index (χ0) is 14.9. The molecule has 0 bridgehead atoms. The molecule has 0 aliphatic heterocycles. The topological polar surface area (TPSA) is 17.8 Å². The second-order valence-corrected chi connectivity index (χ2v) is 6.37. The van der Waals surface area contributed by atoms with Crippen LogP contribution in [0.3, 0.4) is 0 Å². The number of imidazole rings is 1. The van der Waals surface area contributed by atoms with Gasteiger partial charge in [-0.15, -0.1) is 11.6 Å². The van der Waals surface area contributed by atoms with Gasteiger partial charge in [0.1, 0.15) is 5.82 Å². The van der Waals surface area contributed by atoms with Gasteiger partial charge < -0.3 is 4.57 Å². The van der Waals surface area contributed by atoms with Crippen LogP contribution in [0.15, 0.2) is 18.2 Å². The largest absolute Gasteiger partial charge is 0.323 e. The predicted octanol–water partition coefficient (Wildman–Crippen LogP) is 5.64. The van der Waals surface area contributed by atoms with Gasteiger partial charge >= 0.3 is 0 Å². The zero-order valence-electron chi connectivity index (χ0n) is 13.2. The molecule has 2 nitrogen and oxygen atoms in total. The lowest BCUT2D eigenvalue weighted by Gasteiger charge is -2.26. The van der Waals surface area contributed by atoms with E-state index in [0.29, 0.717) is 12.0 Å². The van der Waals surface area contributed by atoms with Gasteiger partial charge in [-0.1, -0.05) is 38.8 Å². The Bertz CT molecular complexity index is 582. The maximum absolute atomic E-state index is 6.38. The first-order valence-electron chi connectivity index (χ1n) is 7.62. The van der Waals surface area contributed by atoms with Gasteiger partial charge in [0.25, 0.3) is 0 Å². The first kappa shape index (κ1) is 15.4. The van der Waals surface area contributed by atoms with Crippen LogP contribution in [0.4, 0.5) is 0 Å². The molecule has 0 saturated heterocycles. The van der Waals surface area contributed by atoms with Crippen molar-refractivity contribution in [3.8, 4) is 0 Å². The first-order chi connectivity index (χ1) is 9.51. The average Bonchev–Trinajstić information content (AvgIpc) is 2.81. The molecule has 0 spiro atoms. The third kappa shape index (κ3) is 2.58. The number of nitrogens with zero attached hydrogens (tertiary/aromatic N) is 2. The lowest BCUT2D eigenvalue weighted by atomic mass is 9.95. The summed E-state index contributed by atoms with van der Waals surface area (Å²) >= 11 is 6.38. The Labute approximate surface area is 127 Å². The Morgan fingerprint density at radius 1 is 1.20 bits per heavy atom. The van der Waals surface area contributed by atoms with E-state index in [4.69, 9.17) is 16.6 Å². The van der Waals surface area contributed by atoms with E-state index in [9.17, 15) is 0 Å². The minimum Gasteiger partial charge on any atom is -0.323 e. The maximum atomic E-state index is 6.38. The minimum atomic E-state index is -0.0707. The third-order valence-electron chi connectivity index (χ3n) is 4.43. The normalized spacial score (nSPS) is 14.9.